The molecule has 1 N–H and O–H groups in total. The number of fused-ring (bicyclic) bond motifs is 1. The number of ether oxygens (including phenoxy) is 1. The van der Waals surface area contributed by atoms with E-state index < -0.39 is 6.36 Å². The van der Waals surface area contributed by atoms with Crippen molar-refractivity contribution >= 4 is 35.0 Å². The van der Waals surface area contributed by atoms with Crippen molar-refractivity contribution in [2.75, 3.05) is 16.8 Å². The molecule has 2 aliphatic heterocycles. The van der Waals surface area contributed by atoms with Gasteiger partial charge in [-0.15, -0.1) is 24.9 Å². The molecule has 3 nitrogen and oxygen atoms in total. The van der Waals surface area contributed by atoms with Crippen molar-refractivity contribution in [1.82, 2.24) is 0 Å². The quantitative estimate of drug-likeness (QED) is 0.856. The van der Waals surface area contributed by atoms with Crippen LogP contribution < -0.4 is 10.1 Å². The van der Waals surface area contributed by atoms with E-state index in [-0.39, 0.29) is 11.5 Å². The number of carbonyl (C=O) groups excluding carboxylic acids is 1. The second-order valence-electron chi connectivity index (χ2n) is 4.16. The first-order valence-corrected chi connectivity index (χ1v) is 7.58. The molecular formula is C12H8F3NO2S2. The van der Waals surface area contributed by atoms with E-state index in [1.54, 1.807) is 0 Å². The average molecular weight is 319 g/mol. The topological polar surface area (TPSA) is 38.3 Å². The van der Waals surface area contributed by atoms with Crippen LogP contribution >= 0.6 is 23.5 Å². The van der Waals surface area contributed by atoms with E-state index in [1.807, 2.05) is 0 Å². The minimum absolute atomic E-state index is 0.00143. The van der Waals surface area contributed by atoms with Gasteiger partial charge in [0.05, 0.1) is 16.3 Å². The predicted octanol–water partition coefficient (Wildman–Crippen LogP) is 3.63. The molecule has 0 bridgehead atoms. The Morgan fingerprint density at radius 3 is 2.80 bits per heavy atom. The van der Waals surface area contributed by atoms with Crippen LogP contribution in [0.5, 0.6) is 5.75 Å². The van der Waals surface area contributed by atoms with E-state index in [1.165, 1.54) is 41.7 Å². The van der Waals surface area contributed by atoms with Gasteiger partial charge < -0.3 is 10.1 Å². The Morgan fingerprint density at radius 2 is 2.05 bits per heavy atom. The first-order chi connectivity index (χ1) is 9.42. The number of allylic oxidation sites excluding steroid dienone is 1. The van der Waals surface area contributed by atoms with Crippen molar-refractivity contribution in [2.24, 2.45) is 0 Å². The van der Waals surface area contributed by atoms with Crippen LogP contribution in [0.15, 0.2) is 33.7 Å². The standard InChI is InChI=1S/C12H8F3NO2S2/c13-12(14,15)18-6-1-2-7-10(3-6)20-11-8(16-7)4-19-5-9(11)17/h1-3,16H,4-5H2. The molecule has 8 heteroatoms. The number of thioether (sulfide) groups is 2. The SMILES string of the molecule is O=C1CSCC2=C1Sc1cc(OC(F)(F)F)ccc1N2. The van der Waals surface area contributed by atoms with E-state index in [0.717, 1.165) is 5.70 Å². The van der Waals surface area contributed by atoms with E-state index in [2.05, 4.69) is 10.1 Å². The molecule has 0 atom stereocenters. The number of ketones is 1. The van der Waals surface area contributed by atoms with Crippen molar-refractivity contribution in [2.45, 2.75) is 11.3 Å². The minimum Gasteiger partial charge on any atom is -0.406 e. The lowest BCUT2D eigenvalue weighted by Crippen LogP contribution is -2.21. The van der Waals surface area contributed by atoms with Gasteiger partial charge in [-0.3, -0.25) is 4.79 Å². The summed E-state index contributed by atoms with van der Waals surface area (Å²) in [6.45, 7) is 0. The van der Waals surface area contributed by atoms with Crippen LogP contribution in [-0.4, -0.2) is 23.7 Å². The Hall–Kier alpha value is -1.28. The molecule has 0 aliphatic carbocycles. The van der Waals surface area contributed by atoms with Gasteiger partial charge >= 0.3 is 6.36 Å². The van der Waals surface area contributed by atoms with Crippen LogP contribution in [0.2, 0.25) is 0 Å². The maximum atomic E-state index is 12.2. The van der Waals surface area contributed by atoms with E-state index in [4.69, 9.17) is 0 Å². The Kier molecular flexibility index (Phi) is 3.37. The van der Waals surface area contributed by atoms with Gasteiger partial charge in [-0.25, -0.2) is 0 Å². The molecule has 3 rings (SSSR count). The smallest absolute Gasteiger partial charge is 0.406 e. The lowest BCUT2D eigenvalue weighted by molar-refractivity contribution is -0.274. The predicted molar refractivity (Wildman–Crippen MR) is 72.0 cm³/mol. The molecule has 0 radical (unpaired) electrons. The molecule has 20 heavy (non-hydrogen) atoms. The first kappa shape index (κ1) is 13.7. The highest BCUT2D eigenvalue weighted by atomic mass is 32.2. The fourth-order valence-electron chi connectivity index (χ4n) is 1.92. The summed E-state index contributed by atoms with van der Waals surface area (Å²) in [5, 5.41) is 3.10. The number of nitrogens with one attached hydrogen (secondary N) is 1. The van der Waals surface area contributed by atoms with Crippen molar-refractivity contribution in [3.05, 3.63) is 28.8 Å². The highest BCUT2D eigenvalue weighted by Crippen LogP contribution is 2.44. The van der Waals surface area contributed by atoms with Gasteiger partial charge in [0.1, 0.15) is 5.75 Å². The first-order valence-electron chi connectivity index (χ1n) is 5.61. The van der Waals surface area contributed by atoms with Gasteiger partial charge in [-0.2, -0.15) is 0 Å². The number of hydrogen-bond donors (Lipinski definition) is 1. The zero-order chi connectivity index (χ0) is 14.3. The van der Waals surface area contributed by atoms with Crippen molar-refractivity contribution in [3.8, 4) is 5.75 Å². The number of anilines is 1. The normalized spacial score (nSPS) is 18.2. The third-order valence-electron chi connectivity index (χ3n) is 2.69. The lowest BCUT2D eigenvalue weighted by Gasteiger charge is -2.26. The molecular weight excluding hydrogens is 311 g/mol. The summed E-state index contributed by atoms with van der Waals surface area (Å²) in [5.74, 6) is 0.824. The minimum atomic E-state index is -4.72. The molecule has 0 saturated carbocycles. The summed E-state index contributed by atoms with van der Waals surface area (Å²) in [4.78, 5) is 12.9. The van der Waals surface area contributed by atoms with E-state index in [0.29, 0.717) is 27.0 Å². The Morgan fingerprint density at radius 1 is 1.25 bits per heavy atom. The molecule has 0 fully saturated rings. The van der Waals surface area contributed by atoms with Gasteiger partial charge in [0, 0.05) is 16.3 Å². The van der Waals surface area contributed by atoms with Crippen LogP contribution in [0.25, 0.3) is 0 Å². The summed E-state index contributed by atoms with van der Waals surface area (Å²) in [6.07, 6.45) is -4.72. The van der Waals surface area contributed by atoms with E-state index in [9.17, 15) is 18.0 Å². The number of hydrogen-bond acceptors (Lipinski definition) is 5. The van der Waals surface area contributed by atoms with Crippen LogP contribution in [0.4, 0.5) is 18.9 Å². The highest BCUT2D eigenvalue weighted by molar-refractivity contribution is 8.05. The average Bonchev–Trinajstić information content (AvgIpc) is 2.35. The molecule has 2 aliphatic rings. The van der Waals surface area contributed by atoms with Crippen LogP contribution in [0, 0.1) is 0 Å². The van der Waals surface area contributed by atoms with Crippen molar-refractivity contribution in [1.29, 1.82) is 0 Å². The largest absolute Gasteiger partial charge is 0.573 e. The lowest BCUT2D eigenvalue weighted by atomic mass is 10.2. The zero-order valence-electron chi connectivity index (χ0n) is 9.91. The molecule has 2 heterocycles. The summed E-state index contributed by atoms with van der Waals surface area (Å²) in [5.41, 5.74) is 1.52. The monoisotopic (exact) mass is 319 g/mol. The van der Waals surface area contributed by atoms with Crippen LogP contribution in [-0.2, 0) is 4.79 Å². The number of alkyl halides is 3. The number of rotatable bonds is 1. The maximum Gasteiger partial charge on any atom is 0.573 e. The molecule has 0 saturated heterocycles. The molecule has 0 spiro atoms. The number of benzene rings is 1. The van der Waals surface area contributed by atoms with Gasteiger partial charge in [-0.05, 0) is 18.2 Å². The summed E-state index contributed by atoms with van der Waals surface area (Å²) in [6, 6.07) is 4.07. The number of halogens is 3. The number of carbonyl (C=O) groups is 1. The van der Waals surface area contributed by atoms with Crippen LogP contribution in [0.1, 0.15) is 0 Å². The Labute approximate surface area is 120 Å². The van der Waals surface area contributed by atoms with Gasteiger partial charge in [0.25, 0.3) is 0 Å². The Balaban J connectivity index is 1.89. The maximum absolute atomic E-state index is 12.2. The summed E-state index contributed by atoms with van der Waals surface area (Å²) < 4.78 is 40.5. The number of Topliss-reactive ketones (excluding diaryl/α,β-unsaturated/α-hetero) is 1. The van der Waals surface area contributed by atoms with Crippen LogP contribution in [0.3, 0.4) is 0 Å². The molecule has 0 aromatic heterocycles. The van der Waals surface area contributed by atoms with Crippen molar-refractivity contribution < 1.29 is 22.7 Å². The van der Waals surface area contributed by atoms with Gasteiger partial charge in [-0.1, -0.05) is 11.8 Å². The van der Waals surface area contributed by atoms with E-state index >= 15 is 0 Å². The molecule has 1 aromatic carbocycles. The molecule has 1 aromatic rings. The summed E-state index contributed by atoms with van der Waals surface area (Å²) in [7, 11) is 0. The Bertz CT molecular complexity index is 613. The fraction of sp³-hybridized carbons (Fsp3) is 0.250. The molecule has 0 amide bonds. The fourth-order valence-corrected chi connectivity index (χ4v) is 4.01. The highest BCUT2D eigenvalue weighted by Gasteiger charge is 2.32. The van der Waals surface area contributed by atoms with Crippen molar-refractivity contribution in [3.63, 3.8) is 0 Å². The third kappa shape index (κ3) is 2.76. The second kappa shape index (κ2) is 4.92. The molecule has 0 unspecified atom stereocenters. The second-order valence-corrected chi connectivity index (χ2v) is 6.19. The summed E-state index contributed by atoms with van der Waals surface area (Å²) >= 11 is 2.71. The third-order valence-corrected chi connectivity index (χ3v) is 4.89. The molecule has 106 valence electrons. The van der Waals surface area contributed by atoms with Gasteiger partial charge in [0.2, 0.25) is 0 Å². The zero-order valence-corrected chi connectivity index (χ0v) is 11.5. The van der Waals surface area contributed by atoms with Gasteiger partial charge in [0.15, 0.2) is 5.78 Å².